The lowest BCUT2D eigenvalue weighted by Gasteiger charge is -2.18. The summed E-state index contributed by atoms with van der Waals surface area (Å²) in [4.78, 5) is 11.4. The first-order valence-corrected chi connectivity index (χ1v) is 5.00. The van der Waals surface area contributed by atoms with Gasteiger partial charge in [0.15, 0.2) is 12.7 Å². The molecule has 0 saturated carbocycles. The smallest absolute Gasteiger partial charge is 0.312 e. The lowest BCUT2D eigenvalue weighted by Crippen LogP contribution is -2.38. The molecule has 0 N–H and O–H groups in total. The van der Waals surface area contributed by atoms with Gasteiger partial charge in [0.1, 0.15) is 12.0 Å². The van der Waals surface area contributed by atoms with Gasteiger partial charge in [-0.2, -0.15) is 0 Å². The number of aryl methyl sites for hydroxylation is 1. The standard InChI is InChI=1S/C11H17N2O2/c1-11(2,3)15-10(14)6-9-13-8-5-4-7-12-13/h4-5,7-8H,6,9H2,1-3H3/q+1. The van der Waals surface area contributed by atoms with E-state index in [1.54, 1.807) is 10.9 Å². The summed E-state index contributed by atoms with van der Waals surface area (Å²) < 4.78 is 6.89. The zero-order valence-corrected chi connectivity index (χ0v) is 9.43. The first-order valence-electron chi connectivity index (χ1n) is 5.00. The van der Waals surface area contributed by atoms with Gasteiger partial charge < -0.3 is 4.74 Å². The lowest BCUT2D eigenvalue weighted by molar-refractivity contribution is -0.753. The Morgan fingerprint density at radius 3 is 2.67 bits per heavy atom. The summed E-state index contributed by atoms with van der Waals surface area (Å²) >= 11 is 0. The molecule has 0 radical (unpaired) electrons. The Morgan fingerprint density at radius 1 is 1.40 bits per heavy atom. The highest BCUT2D eigenvalue weighted by Gasteiger charge is 2.17. The van der Waals surface area contributed by atoms with Crippen molar-refractivity contribution in [1.29, 1.82) is 0 Å². The van der Waals surface area contributed by atoms with Crippen molar-refractivity contribution in [3.8, 4) is 0 Å². The largest absolute Gasteiger partial charge is 0.460 e. The quantitative estimate of drug-likeness (QED) is 0.553. The Morgan fingerprint density at radius 2 is 2.13 bits per heavy atom. The summed E-state index contributed by atoms with van der Waals surface area (Å²) in [6.07, 6.45) is 3.86. The monoisotopic (exact) mass is 209 g/mol. The Bertz CT molecular complexity index is 317. The molecular weight excluding hydrogens is 192 g/mol. The van der Waals surface area contributed by atoms with Crippen LogP contribution in [0.1, 0.15) is 27.2 Å². The van der Waals surface area contributed by atoms with E-state index in [0.717, 1.165) is 0 Å². The van der Waals surface area contributed by atoms with Crippen molar-refractivity contribution in [1.82, 2.24) is 5.10 Å². The van der Waals surface area contributed by atoms with Gasteiger partial charge in [0.05, 0.1) is 6.20 Å². The van der Waals surface area contributed by atoms with Crippen LogP contribution in [0.5, 0.6) is 0 Å². The highest BCUT2D eigenvalue weighted by molar-refractivity contribution is 5.69. The van der Waals surface area contributed by atoms with Gasteiger partial charge in [0, 0.05) is 6.07 Å². The van der Waals surface area contributed by atoms with Gasteiger partial charge in [-0.15, -0.1) is 0 Å². The summed E-state index contributed by atoms with van der Waals surface area (Å²) in [5.74, 6) is -0.194. The van der Waals surface area contributed by atoms with Crippen molar-refractivity contribution < 1.29 is 14.2 Å². The van der Waals surface area contributed by atoms with Gasteiger partial charge in [-0.1, -0.05) is 4.68 Å². The SMILES string of the molecule is CC(C)(C)OC(=O)CC[n+]1ccccn1. The summed E-state index contributed by atoms with van der Waals surface area (Å²) in [7, 11) is 0. The third-order valence-corrected chi connectivity index (χ3v) is 1.64. The van der Waals surface area contributed by atoms with E-state index in [0.29, 0.717) is 13.0 Å². The van der Waals surface area contributed by atoms with Crippen LogP contribution < -0.4 is 4.68 Å². The molecule has 0 amide bonds. The number of carbonyl (C=O) groups excluding carboxylic acids is 1. The molecule has 0 bridgehead atoms. The fourth-order valence-electron chi connectivity index (χ4n) is 1.09. The van der Waals surface area contributed by atoms with Crippen LogP contribution in [0, 0.1) is 0 Å². The van der Waals surface area contributed by atoms with E-state index < -0.39 is 5.60 Å². The summed E-state index contributed by atoms with van der Waals surface area (Å²) in [5, 5.41) is 4.06. The number of carbonyl (C=O) groups is 1. The highest BCUT2D eigenvalue weighted by Crippen LogP contribution is 2.07. The number of ether oxygens (including phenoxy) is 1. The van der Waals surface area contributed by atoms with Gasteiger partial charge in [-0.3, -0.25) is 4.79 Å². The average Bonchev–Trinajstić information content (AvgIpc) is 2.14. The summed E-state index contributed by atoms with van der Waals surface area (Å²) in [5.41, 5.74) is -0.411. The van der Waals surface area contributed by atoms with Crippen molar-refractivity contribution in [2.75, 3.05) is 0 Å². The fraction of sp³-hybridized carbons (Fsp3) is 0.545. The predicted molar refractivity (Wildman–Crippen MR) is 54.9 cm³/mol. The first kappa shape index (κ1) is 11.6. The van der Waals surface area contributed by atoms with Crippen molar-refractivity contribution in [3.05, 3.63) is 24.5 Å². The lowest BCUT2D eigenvalue weighted by atomic mass is 10.2. The number of rotatable bonds is 3. The first-order chi connectivity index (χ1) is 6.97. The molecular formula is C11H17N2O2+. The number of esters is 1. The Balaban J connectivity index is 2.35. The van der Waals surface area contributed by atoms with Crippen LogP contribution in [-0.4, -0.2) is 16.7 Å². The number of hydrogen-bond donors (Lipinski definition) is 0. The van der Waals surface area contributed by atoms with Crippen LogP contribution >= 0.6 is 0 Å². The van der Waals surface area contributed by atoms with E-state index in [2.05, 4.69) is 5.10 Å². The van der Waals surface area contributed by atoms with Crippen molar-refractivity contribution >= 4 is 5.97 Å². The minimum atomic E-state index is -0.411. The van der Waals surface area contributed by atoms with E-state index in [1.165, 1.54) is 0 Å². The molecule has 1 aromatic rings. The highest BCUT2D eigenvalue weighted by atomic mass is 16.6. The molecule has 0 aliphatic heterocycles. The normalized spacial score (nSPS) is 11.1. The van der Waals surface area contributed by atoms with Crippen LogP contribution in [0.15, 0.2) is 24.5 Å². The van der Waals surface area contributed by atoms with E-state index in [-0.39, 0.29) is 5.97 Å². The molecule has 1 heterocycles. The van der Waals surface area contributed by atoms with E-state index >= 15 is 0 Å². The third kappa shape index (κ3) is 5.10. The van der Waals surface area contributed by atoms with Crippen LogP contribution in [0.2, 0.25) is 0 Å². The molecule has 4 heteroatoms. The summed E-state index contributed by atoms with van der Waals surface area (Å²) in [6.45, 7) is 6.13. The maximum Gasteiger partial charge on any atom is 0.312 e. The molecule has 0 saturated heterocycles. The molecule has 0 unspecified atom stereocenters. The second-order valence-corrected chi connectivity index (χ2v) is 4.30. The van der Waals surface area contributed by atoms with Gasteiger partial charge in [0.2, 0.25) is 0 Å². The van der Waals surface area contributed by atoms with Gasteiger partial charge >= 0.3 is 5.97 Å². The van der Waals surface area contributed by atoms with Gasteiger partial charge in [0.25, 0.3) is 0 Å². The Hall–Kier alpha value is -1.45. The molecule has 4 nitrogen and oxygen atoms in total. The zero-order valence-electron chi connectivity index (χ0n) is 9.43. The zero-order chi connectivity index (χ0) is 11.3. The number of hydrogen-bond acceptors (Lipinski definition) is 3. The molecule has 0 aliphatic rings. The van der Waals surface area contributed by atoms with Crippen LogP contribution in [0.25, 0.3) is 0 Å². The second-order valence-electron chi connectivity index (χ2n) is 4.30. The molecule has 0 spiro atoms. The van der Waals surface area contributed by atoms with Crippen LogP contribution in [0.3, 0.4) is 0 Å². The molecule has 0 aliphatic carbocycles. The average molecular weight is 209 g/mol. The second kappa shape index (κ2) is 4.87. The maximum absolute atomic E-state index is 11.4. The molecule has 1 rings (SSSR count). The van der Waals surface area contributed by atoms with Gasteiger partial charge in [-0.25, -0.2) is 0 Å². The van der Waals surface area contributed by atoms with E-state index in [9.17, 15) is 4.79 Å². The Labute approximate surface area is 89.9 Å². The predicted octanol–water partition coefficient (Wildman–Crippen LogP) is 1.10. The molecule has 1 aromatic heterocycles. The molecule has 15 heavy (non-hydrogen) atoms. The maximum atomic E-state index is 11.4. The topological polar surface area (TPSA) is 43.1 Å². The Kier molecular flexibility index (Phi) is 3.77. The fourth-order valence-corrected chi connectivity index (χ4v) is 1.09. The third-order valence-electron chi connectivity index (χ3n) is 1.64. The molecule has 0 aromatic carbocycles. The molecule has 0 atom stereocenters. The minimum absolute atomic E-state index is 0.194. The van der Waals surface area contributed by atoms with Crippen LogP contribution in [0.4, 0.5) is 0 Å². The van der Waals surface area contributed by atoms with Crippen molar-refractivity contribution in [3.63, 3.8) is 0 Å². The number of aromatic nitrogens is 2. The molecule has 0 fully saturated rings. The van der Waals surface area contributed by atoms with Crippen LogP contribution in [-0.2, 0) is 16.1 Å². The molecule has 82 valence electrons. The minimum Gasteiger partial charge on any atom is -0.460 e. The van der Waals surface area contributed by atoms with E-state index in [4.69, 9.17) is 4.74 Å². The number of nitrogens with zero attached hydrogens (tertiary/aromatic N) is 2. The van der Waals surface area contributed by atoms with E-state index in [1.807, 2.05) is 39.1 Å². The van der Waals surface area contributed by atoms with Gasteiger partial charge in [-0.05, 0) is 31.9 Å². The summed E-state index contributed by atoms with van der Waals surface area (Å²) in [6, 6.07) is 3.71. The van der Waals surface area contributed by atoms with Crippen molar-refractivity contribution in [2.45, 2.75) is 39.3 Å². The van der Waals surface area contributed by atoms with Crippen molar-refractivity contribution in [2.24, 2.45) is 0 Å².